The summed E-state index contributed by atoms with van der Waals surface area (Å²) in [5.74, 6) is 8.51. The Morgan fingerprint density at radius 3 is 2.17 bits per heavy atom. The minimum Gasteiger partial charge on any atom is -0.492 e. The Bertz CT molecular complexity index is 690. The fraction of sp³-hybridized carbons (Fsp3) is 0.929. The molecular weight excluding hydrogens is 368 g/mol. The van der Waals surface area contributed by atoms with E-state index in [1.54, 1.807) is 0 Å². The third kappa shape index (κ3) is 3.57. The van der Waals surface area contributed by atoms with Gasteiger partial charge in [-0.25, -0.2) is 0 Å². The van der Waals surface area contributed by atoms with E-state index < -0.39 is 0 Å². The molecule has 172 valence electrons. The molecule has 0 aromatic heterocycles. The summed E-state index contributed by atoms with van der Waals surface area (Å²) in [6, 6.07) is 0. The molecule has 30 heavy (non-hydrogen) atoms. The standard InChI is InChI=1S/C14H24O.C14H22O.H2/c2*1-9-6-12-7-10(2)15-14(3)5-4-11(9)8-13(12)14;/h9-13H,4-8H2,1-3H3;7,9,11-13H,4-6,8H2,1-3H3;1H. The van der Waals surface area contributed by atoms with E-state index in [0.29, 0.717) is 6.10 Å². The zero-order valence-electron chi connectivity index (χ0n) is 20.5. The van der Waals surface area contributed by atoms with Crippen molar-refractivity contribution in [2.75, 3.05) is 0 Å². The first-order valence-electron chi connectivity index (χ1n) is 13.2. The molecular formula is C28H48O2. The maximum Gasteiger partial charge on any atom is 0.109 e. The van der Waals surface area contributed by atoms with Crippen molar-refractivity contribution >= 4 is 0 Å². The van der Waals surface area contributed by atoms with Crippen LogP contribution in [0.25, 0.3) is 0 Å². The average molecular weight is 417 g/mol. The van der Waals surface area contributed by atoms with Crippen molar-refractivity contribution in [1.29, 1.82) is 0 Å². The Balaban J connectivity index is 0.000000144. The molecule has 0 amide bonds. The van der Waals surface area contributed by atoms with Gasteiger partial charge in [-0.1, -0.05) is 13.8 Å². The van der Waals surface area contributed by atoms with E-state index in [1.165, 1.54) is 63.5 Å². The van der Waals surface area contributed by atoms with E-state index in [0.717, 1.165) is 47.3 Å². The average Bonchev–Trinajstić information content (AvgIpc) is 2.66. The predicted octanol–water partition coefficient (Wildman–Crippen LogP) is 7.62. The van der Waals surface area contributed by atoms with E-state index in [4.69, 9.17) is 9.47 Å². The second-order valence-electron chi connectivity index (χ2n) is 12.8. The van der Waals surface area contributed by atoms with E-state index in [-0.39, 0.29) is 12.6 Å². The van der Waals surface area contributed by atoms with Gasteiger partial charge in [0.25, 0.3) is 0 Å². The van der Waals surface area contributed by atoms with E-state index in [1.807, 2.05) is 0 Å². The van der Waals surface area contributed by atoms with Gasteiger partial charge in [-0.3, -0.25) is 0 Å². The fourth-order valence-corrected chi connectivity index (χ4v) is 9.03. The van der Waals surface area contributed by atoms with Crippen molar-refractivity contribution in [1.82, 2.24) is 0 Å². The molecule has 1 saturated heterocycles. The summed E-state index contributed by atoms with van der Waals surface area (Å²) < 4.78 is 12.4. The predicted molar refractivity (Wildman–Crippen MR) is 125 cm³/mol. The SMILES string of the molecule is CC1=CC2CC(C)C3CCC(C)(O1)C2C3.CC1CC2CC(C)C3CCC(C)(O1)C2C3.[HH]. The molecule has 2 nitrogen and oxygen atoms in total. The third-order valence-electron chi connectivity index (χ3n) is 10.7. The van der Waals surface area contributed by atoms with Gasteiger partial charge < -0.3 is 9.47 Å². The Labute approximate surface area is 187 Å². The quantitative estimate of drug-likeness (QED) is 0.404. The van der Waals surface area contributed by atoms with Crippen molar-refractivity contribution in [3.8, 4) is 0 Å². The molecule has 2 aliphatic heterocycles. The summed E-state index contributed by atoms with van der Waals surface area (Å²) in [7, 11) is 0. The lowest BCUT2D eigenvalue weighted by Gasteiger charge is -2.57. The van der Waals surface area contributed by atoms with Gasteiger partial charge in [0.05, 0.1) is 17.5 Å². The summed E-state index contributed by atoms with van der Waals surface area (Å²) in [5, 5.41) is 0. The summed E-state index contributed by atoms with van der Waals surface area (Å²) >= 11 is 0. The molecule has 4 aliphatic carbocycles. The second kappa shape index (κ2) is 7.53. The lowest BCUT2D eigenvalue weighted by Crippen LogP contribution is -2.55. The summed E-state index contributed by atoms with van der Waals surface area (Å²) in [6.07, 6.45) is 15.3. The molecule has 0 N–H and O–H groups in total. The first-order chi connectivity index (χ1) is 14.2. The van der Waals surface area contributed by atoms with Crippen LogP contribution in [0.2, 0.25) is 0 Å². The van der Waals surface area contributed by atoms with Crippen molar-refractivity contribution in [2.45, 2.75) is 117 Å². The lowest BCUT2D eigenvalue weighted by molar-refractivity contribution is -0.209. The van der Waals surface area contributed by atoms with Gasteiger partial charge in [0, 0.05) is 7.34 Å². The highest BCUT2D eigenvalue weighted by molar-refractivity contribution is 5.12. The fourth-order valence-electron chi connectivity index (χ4n) is 9.03. The van der Waals surface area contributed by atoms with Gasteiger partial charge in [0.1, 0.15) is 5.60 Å². The number of ether oxygens (including phenoxy) is 2. The van der Waals surface area contributed by atoms with Crippen LogP contribution < -0.4 is 0 Å². The van der Waals surface area contributed by atoms with Crippen LogP contribution in [0.1, 0.15) is 101 Å². The highest BCUT2D eigenvalue weighted by Crippen LogP contribution is 2.56. The van der Waals surface area contributed by atoms with Crippen LogP contribution in [0.5, 0.6) is 0 Å². The Kier molecular flexibility index (Phi) is 5.36. The zero-order chi connectivity index (χ0) is 21.3. The molecule has 0 radical (unpaired) electrons. The van der Waals surface area contributed by atoms with Crippen LogP contribution in [-0.2, 0) is 9.47 Å². The van der Waals surface area contributed by atoms with Crippen molar-refractivity contribution in [3.63, 3.8) is 0 Å². The molecule has 0 spiro atoms. The highest BCUT2D eigenvalue weighted by Gasteiger charge is 2.53. The van der Waals surface area contributed by atoms with Crippen LogP contribution in [-0.4, -0.2) is 17.3 Å². The van der Waals surface area contributed by atoms with Crippen LogP contribution >= 0.6 is 0 Å². The molecule has 5 fully saturated rings. The molecule has 11 atom stereocenters. The summed E-state index contributed by atoms with van der Waals surface area (Å²) in [4.78, 5) is 0. The normalized spacial score (nSPS) is 56.1. The second-order valence-corrected chi connectivity index (χ2v) is 12.8. The molecule has 2 heterocycles. The molecule has 0 aromatic rings. The number of hydrogen-bond acceptors (Lipinski definition) is 2. The molecule has 6 rings (SSSR count). The van der Waals surface area contributed by atoms with Gasteiger partial charge in [0.2, 0.25) is 0 Å². The highest BCUT2D eigenvalue weighted by atomic mass is 16.5. The maximum atomic E-state index is 6.27. The maximum absolute atomic E-state index is 6.27. The Morgan fingerprint density at radius 1 is 0.800 bits per heavy atom. The van der Waals surface area contributed by atoms with Crippen molar-refractivity contribution < 1.29 is 10.9 Å². The van der Waals surface area contributed by atoms with Gasteiger partial charge in [-0.15, -0.1) is 0 Å². The van der Waals surface area contributed by atoms with Crippen LogP contribution in [0.15, 0.2) is 11.8 Å². The largest absolute Gasteiger partial charge is 0.492 e. The third-order valence-corrected chi connectivity index (χ3v) is 10.7. The Morgan fingerprint density at radius 2 is 1.43 bits per heavy atom. The van der Waals surface area contributed by atoms with Gasteiger partial charge in [-0.05, 0) is 133 Å². The molecule has 4 saturated carbocycles. The molecule has 0 aromatic carbocycles. The van der Waals surface area contributed by atoms with E-state index in [2.05, 4.69) is 47.6 Å². The van der Waals surface area contributed by atoms with Crippen molar-refractivity contribution in [3.05, 3.63) is 11.8 Å². The topological polar surface area (TPSA) is 18.5 Å². The molecule has 2 heteroatoms. The van der Waals surface area contributed by atoms with E-state index in [9.17, 15) is 0 Å². The van der Waals surface area contributed by atoms with Gasteiger partial charge >= 0.3 is 0 Å². The van der Waals surface area contributed by atoms with Gasteiger partial charge in [-0.2, -0.15) is 0 Å². The van der Waals surface area contributed by atoms with Crippen LogP contribution in [0, 0.1) is 47.3 Å². The van der Waals surface area contributed by atoms with Crippen LogP contribution in [0.4, 0.5) is 0 Å². The number of hydrogen-bond donors (Lipinski definition) is 0. The molecule has 6 aliphatic rings. The van der Waals surface area contributed by atoms with Gasteiger partial charge in [0.15, 0.2) is 0 Å². The van der Waals surface area contributed by atoms with E-state index >= 15 is 0 Å². The Hall–Kier alpha value is -0.500. The number of fused-ring (bicyclic) bond motifs is 2. The summed E-state index contributed by atoms with van der Waals surface area (Å²) in [5.41, 5.74) is 0.402. The molecule has 11 unspecified atom stereocenters. The zero-order valence-corrected chi connectivity index (χ0v) is 20.5. The first kappa shape index (κ1) is 21.4. The minimum atomic E-state index is 0. The monoisotopic (exact) mass is 416 g/mol. The van der Waals surface area contributed by atoms with Crippen molar-refractivity contribution in [2.24, 2.45) is 47.3 Å². The smallest absolute Gasteiger partial charge is 0.109 e. The van der Waals surface area contributed by atoms with Crippen LogP contribution in [0.3, 0.4) is 0 Å². The number of allylic oxidation sites excluding steroid dienone is 2. The minimum absolute atomic E-state index is 0. The lowest BCUT2D eigenvalue weighted by atomic mass is 9.55. The molecule has 4 bridgehead atoms. The summed E-state index contributed by atoms with van der Waals surface area (Å²) in [6.45, 7) is 14.0. The number of rotatable bonds is 0. The first-order valence-corrected chi connectivity index (χ1v) is 13.2.